The summed E-state index contributed by atoms with van der Waals surface area (Å²) in [6.45, 7) is 7.32. The van der Waals surface area contributed by atoms with Crippen molar-refractivity contribution in [3.63, 3.8) is 0 Å². The van der Waals surface area contributed by atoms with E-state index in [9.17, 15) is 5.11 Å². The van der Waals surface area contributed by atoms with Crippen molar-refractivity contribution in [2.75, 3.05) is 38.1 Å². The van der Waals surface area contributed by atoms with Gasteiger partial charge in [-0.1, -0.05) is 12.1 Å². The smallest absolute Gasteiger partial charge is 0.204 e. The van der Waals surface area contributed by atoms with Gasteiger partial charge in [-0.25, -0.2) is 4.98 Å². The van der Waals surface area contributed by atoms with Crippen LogP contribution in [0, 0.1) is 0 Å². The molecule has 0 amide bonds. The van der Waals surface area contributed by atoms with E-state index < -0.39 is 6.10 Å². The minimum absolute atomic E-state index is 0.0370. The molecule has 0 saturated carbocycles. The lowest BCUT2D eigenvalue weighted by molar-refractivity contribution is -0.0771. The number of aliphatic hydroxyl groups excluding tert-OH is 2. The number of morpholine rings is 1. The fourth-order valence-electron chi connectivity index (χ4n) is 3.56. The minimum atomic E-state index is -0.509. The van der Waals surface area contributed by atoms with Gasteiger partial charge in [0.25, 0.3) is 0 Å². The van der Waals surface area contributed by atoms with Crippen LogP contribution in [0.5, 0.6) is 0 Å². The molecular weight excluding hydrogens is 320 g/mol. The number of aliphatic hydroxyl groups is 2. The highest BCUT2D eigenvalue weighted by Crippen LogP contribution is 2.20. The first-order valence-electron chi connectivity index (χ1n) is 8.92. The predicted molar refractivity (Wildman–Crippen MR) is 97.8 cm³/mol. The maximum Gasteiger partial charge on any atom is 0.204 e. The number of hydrogen-bond acceptors (Lipinski definition) is 6. The molecule has 3 unspecified atom stereocenters. The molecule has 0 radical (unpaired) electrons. The summed E-state index contributed by atoms with van der Waals surface area (Å²) in [5.41, 5.74) is 1.86. The van der Waals surface area contributed by atoms with E-state index in [1.54, 1.807) is 0 Å². The van der Waals surface area contributed by atoms with E-state index in [4.69, 9.17) is 9.84 Å². The summed E-state index contributed by atoms with van der Waals surface area (Å²) in [6.07, 6.45) is -0.136. The van der Waals surface area contributed by atoms with Crippen molar-refractivity contribution >= 4 is 17.0 Å². The molecule has 1 fully saturated rings. The highest BCUT2D eigenvalue weighted by molar-refractivity contribution is 5.78. The molecule has 7 nitrogen and oxygen atoms in total. The van der Waals surface area contributed by atoms with Crippen LogP contribution in [0.2, 0.25) is 0 Å². The van der Waals surface area contributed by atoms with Gasteiger partial charge in [0.2, 0.25) is 5.95 Å². The van der Waals surface area contributed by atoms with Crippen molar-refractivity contribution in [2.24, 2.45) is 0 Å². The lowest BCUT2D eigenvalue weighted by Gasteiger charge is -2.36. The lowest BCUT2D eigenvalue weighted by Crippen LogP contribution is -2.48. The van der Waals surface area contributed by atoms with Gasteiger partial charge in [0.1, 0.15) is 0 Å². The minimum Gasteiger partial charge on any atom is -0.395 e. The summed E-state index contributed by atoms with van der Waals surface area (Å²) in [6, 6.07) is 7.86. The topological polar surface area (TPSA) is 82.8 Å². The van der Waals surface area contributed by atoms with Crippen molar-refractivity contribution in [1.82, 2.24) is 14.5 Å². The molecule has 1 aromatic carbocycles. The number of ether oxygens (including phenoxy) is 1. The first kappa shape index (κ1) is 18.1. The summed E-state index contributed by atoms with van der Waals surface area (Å²) >= 11 is 0. The third-order valence-corrected chi connectivity index (χ3v) is 4.41. The molecule has 2 aromatic rings. The van der Waals surface area contributed by atoms with E-state index >= 15 is 0 Å². The number of benzene rings is 1. The van der Waals surface area contributed by atoms with Gasteiger partial charge in [-0.2, -0.15) is 0 Å². The Morgan fingerprint density at radius 3 is 2.68 bits per heavy atom. The van der Waals surface area contributed by atoms with Crippen LogP contribution < -0.4 is 5.32 Å². The van der Waals surface area contributed by atoms with E-state index in [2.05, 4.69) is 29.0 Å². The van der Waals surface area contributed by atoms with Gasteiger partial charge in [-0.3, -0.25) is 4.90 Å². The molecule has 0 aliphatic carbocycles. The van der Waals surface area contributed by atoms with E-state index in [1.807, 2.05) is 28.8 Å². The molecule has 1 saturated heterocycles. The Labute approximate surface area is 148 Å². The Bertz CT molecular complexity index is 680. The molecule has 138 valence electrons. The summed E-state index contributed by atoms with van der Waals surface area (Å²) in [4.78, 5) is 6.82. The first-order chi connectivity index (χ1) is 12.1. The molecule has 7 heteroatoms. The van der Waals surface area contributed by atoms with Crippen molar-refractivity contribution in [1.29, 1.82) is 0 Å². The van der Waals surface area contributed by atoms with Gasteiger partial charge in [0.05, 0.1) is 42.5 Å². The van der Waals surface area contributed by atoms with E-state index in [1.165, 1.54) is 0 Å². The van der Waals surface area contributed by atoms with Crippen LogP contribution in [-0.2, 0) is 11.3 Å². The van der Waals surface area contributed by atoms with Gasteiger partial charge in [-0.15, -0.1) is 0 Å². The summed E-state index contributed by atoms with van der Waals surface area (Å²) in [5.74, 6) is 0.679. The Morgan fingerprint density at radius 2 is 1.96 bits per heavy atom. The zero-order chi connectivity index (χ0) is 17.8. The van der Waals surface area contributed by atoms with Gasteiger partial charge in [-0.05, 0) is 26.0 Å². The Kier molecular flexibility index (Phi) is 5.90. The second-order valence-electron chi connectivity index (χ2n) is 6.81. The quantitative estimate of drug-likeness (QED) is 0.690. The summed E-state index contributed by atoms with van der Waals surface area (Å²) < 4.78 is 7.74. The first-order valence-corrected chi connectivity index (χ1v) is 8.92. The molecule has 2 heterocycles. The Morgan fingerprint density at radius 1 is 1.24 bits per heavy atom. The van der Waals surface area contributed by atoms with E-state index in [-0.39, 0.29) is 18.8 Å². The van der Waals surface area contributed by atoms with Crippen molar-refractivity contribution in [3.05, 3.63) is 24.3 Å². The van der Waals surface area contributed by atoms with Gasteiger partial charge in [0, 0.05) is 26.2 Å². The van der Waals surface area contributed by atoms with Crippen molar-refractivity contribution in [3.8, 4) is 0 Å². The number of fused-ring (bicyclic) bond motifs is 1. The van der Waals surface area contributed by atoms with Crippen LogP contribution in [0.4, 0.5) is 5.95 Å². The largest absolute Gasteiger partial charge is 0.395 e. The number of nitrogens with one attached hydrogen (secondary N) is 1. The molecule has 1 aliphatic heterocycles. The monoisotopic (exact) mass is 348 g/mol. The molecule has 0 spiro atoms. The maximum atomic E-state index is 10.6. The number of rotatable bonds is 7. The zero-order valence-electron chi connectivity index (χ0n) is 14.9. The molecular formula is C18H28N4O3. The maximum absolute atomic E-state index is 10.6. The zero-order valence-corrected chi connectivity index (χ0v) is 14.9. The molecule has 1 aromatic heterocycles. The fourth-order valence-corrected chi connectivity index (χ4v) is 3.56. The number of para-hydroxylation sites is 2. The third-order valence-electron chi connectivity index (χ3n) is 4.41. The Hall–Kier alpha value is -1.67. The van der Waals surface area contributed by atoms with Crippen LogP contribution >= 0.6 is 0 Å². The fraction of sp³-hybridized carbons (Fsp3) is 0.611. The Balaban J connectivity index is 1.72. The van der Waals surface area contributed by atoms with Crippen molar-refractivity contribution in [2.45, 2.75) is 38.7 Å². The average molecular weight is 348 g/mol. The lowest BCUT2D eigenvalue weighted by atomic mass is 10.2. The molecule has 1 aliphatic rings. The summed E-state index contributed by atoms with van der Waals surface area (Å²) in [7, 11) is 0. The molecule has 25 heavy (non-hydrogen) atoms. The van der Waals surface area contributed by atoms with Crippen LogP contribution in [0.15, 0.2) is 24.3 Å². The van der Waals surface area contributed by atoms with Gasteiger partial charge < -0.3 is 24.8 Å². The van der Waals surface area contributed by atoms with Crippen LogP contribution in [0.3, 0.4) is 0 Å². The molecule has 3 rings (SSSR count). The van der Waals surface area contributed by atoms with Gasteiger partial charge >= 0.3 is 0 Å². The van der Waals surface area contributed by atoms with Crippen LogP contribution in [0.1, 0.15) is 13.8 Å². The van der Waals surface area contributed by atoms with Gasteiger partial charge in [0.15, 0.2) is 0 Å². The normalized spacial score (nSPS) is 23.0. The number of anilines is 1. The van der Waals surface area contributed by atoms with E-state index in [0.29, 0.717) is 25.6 Å². The molecule has 3 atom stereocenters. The second kappa shape index (κ2) is 8.14. The van der Waals surface area contributed by atoms with E-state index in [0.717, 1.165) is 24.1 Å². The van der Waals surface area contributed by atoms with Crippen molar-refractivity contribution < 1.29 is 14.9 Å². The number of β-amino-alcohol motifs (C(OH)–C–C–N with tert-alkyl or cyclic N) is 1. The highest BCUT2D eigenvalue weighted by atomic mass is 16.5. The predicted octanol–water partition coefficient (Wildman–Crippen LogP) is 0.911. The standard InChI is InChI=1S/C18H28N4O3/c1-13-9-21(10-14(2)25-13)11-15(24)12-22-17-6-4-3-5-16(17)20-18(22)19-7-8-23/h3-6,13-15,23-24H,7-12H2,1-2H3,(H,19,20). The van der Waals surface area contributed by atoms with Crippen LogP contribution in [-0.4, -0.2) is 75.8 Å². The third kappa shape index (κ3) is 4.49. The SMILES string of the molecule is CC1CN(CC(O)Cn2c(NCCO)nc3ccccc32)CC(C)O1. The summed E-state index contributed by atoms with van der Waals surface area (Å²) in [5, 5.41) is 22.9. The number of imidazole rings is 1. The average Bonchev–Trinajstić information content (AvgIpc) is 2.89. The number of hydrogen-bond donors (Lipinski definition) is 3. The number of nitrogens with zero attached hydrogens (tertiary/aromatic N) is 3. The highest BCUT2D eigenvalue weighted by Gasteiger charge is 2.24. The number of aromatic nitrogens is 2. The molecule has 0 bridgehead atoms. The second-order valence-corrected chi connectivity index (χ2v) is 6.81. The van der Waals surface area contributed by atoms with Crippen LogP contribution in [0.25, 0.3) is 11.0 Å². The molecule has 3 N–H and O–H groups in total.